The molecule has 0 bridgehead atoms. The molecule has 0 atom stereocenters. The molecular weight excluding hydrogens is 408 g/mol. The smallest absolute Gasteiger partial charge is 0.325 e. The number of hydrogen-bond donors (Lipinski definition) is 1. The van der Waals surface area contributed by atoms with E-state index < -0.39 is 5.97 Å². The van der Waals surface area contributed by atoms with E-state index in [-0.39, 0.29) is 12.6 Å². The highest BCUT2D eigenvalue weighted by Crippen LogP contribution is 2.26. The van der Waals surface area contributed by atoms with Crippen LogP contribution in [0.2, 0.25) is 0 Å². The number of carboxylic acid groups (broad SMARTS) is 1. The maximum Gasteiger partial charge on any atom is 0.325 e. The van der Waals surface area contributed by atoms with Crippen LogP contribution in [0, 0.1) is 0 Å². The van der Waals surface area contributed by atoms with Crippen LogP contribution in [0.25, 0.3) is 11.3 Å². The van der Waals surface area contributed by atoms with Crippen LogP contribution in [0.1, 0.15) is 38.2 Å². The number of anilines is 1. The minimum Gasteiger partial charge on any atom is -0.490 e. The molecule has 3 heterocycles. The highest BCUT2D eigenvalue weighted by molar-refractivity contribution is 5.66. The number of nitrogens with zero attached hydrogens (tertiary/aromatic N) is 6. The molecule has 0 amide bonds. The van der Waals surface area contributed by atoms with Gasteiger partial charge in [-0.3, -0.25) is 4.79 Å². The predicted octanol–water partition coefficient (Wildman–Crippen LogP) is 3.21. The van der Waals surface area contributed by atoms with Crippen LogP contribution in [0.4, 0.5) is 5.95 Å². The fraction of sp³-hybridized carbons (Fsp3) is 0.435. The zero-order chi connectivity index (χ0) is 22.3. The standard InChI is InChI=1S/C23H28N6O3/c1-2-3-6-17-7-4-5-8-21(17)32-19-9-11-28(12-10-19)23-24-13-18(14-25-23)20-15-29(27-26-20)16-22(30)31/h4-5,7-8,13-15,19H,2-3,6,9-12,16H2,1H3,(H,30,31). The summed E-state index contributed by atoms with van der Waals surface area (Å²) < 4.78 is 7.62. The molecule has 2 aromatic heterocycles. The van der Waals surface area contributed by atoms with Crippen molar-refractivity contribution in [2.24, 2.45) is 0 Å². The molecule has 1 aliphatic heterocycles. The van der Waals surface area contributed by atoms with Gasteiger partial charge in [0.15, 0.2) is 0 Å². The molecule has 9 nitrogen and oxygen atoms in total. The van der Waals surface area contributed by atoms with E-state index in [1.54, 1.807) is 18.6 Å². The summed E-state index contributed by atoms with van der Waals surface area (Å²) in [6.45, 7) is 3.63. The Balaban J connectivity index is 1.33. The summed E-state index contributed by atoms with van der Waals surface area (Å²) in [5.74, 6) is 0.717. The van der Waals surface area contributed by atoms with E-state index in [1.807, 2.05) is 6.07 Å². The van der Waals surface area contributed by atoms with Gasteiger partial charge in [-0.25, -0.2) is 14.6 Å². The summed E-state index contributed by atoms with van der Waals surface area (Å²) in [6.07, 6.45) is 10.4. The first-order chi connectivity index (χ1) is 15.6. The lowest BCUT2D eigenvalue weighted by atomic mass is 10.1. The van der Waals surface area contributed by atoms with Crippen molar-refractivity contribution in [3.05, 3.63) is 48.4 Å². The number of unbranched alkanes of at least 4 members (excludes halogenated alkanes) is 1. The lowest BCUT2D eigenvalue weighted by Gasteiger charge is -2.32. The maximum atomic E-state index is 10.8. The van der Waals surface area contributed by atoms with Gasteiger partial charge >= 0.3 is 5.97 Å². The molecule has 0 spiro atoms. The molecule has 0 unspecified atom stereocenters. The first-order valence-electron chi connectivity index (χ1n) is 11.1. The third-order valence-electron chi connectivity index (χ3n) is 5.56. The van der Waals surface area contributed by atoms with Crippen molar-refractivity contribution in [2.45, 2.75) is 51.7 Å². The van der Waals surface area contributed by atoms with Gasteiger partial charge in [0.25, 0.3) is 0 Å². The molecule has 168 valence electrons. The minimum atomic E-state index is -0.968. The highest BCUT2D eigenvalue weighted by Gasteiger charge is 2.23. The second kappa shape index (κ2) is 10.2. The summed E-state index contributed by atoms with van der Waals surface area (Å²) >= 11 is 0. The number of para-hydroxylation sites is 1. The van der Waals surface area contributed by atoms with E-state index in [0.717, 1.165) is 38.1 Å². The number of aliphatic carboxylic acids is 1. The predicted molar refractivity (Wildman–Crippen MR) is 120 cm³/mol. The second-order valence-corrected chi connectivity index (χ2v) is 7.98. The Bertz CT molecular complexity index is 1030. The topological polar surface area (TPSA) is 106 Å². The zero-order valence-corrected chi connectivity index (χ0v) is 18.2. The number of hydrogen-bond acceptors (Lipinski definition) is 7. The van der Waals surface area contributed by atoms with Gasteiger partial charge in [-0.1, -0.05) is 36.8 Å². The lowest BCUT2D eigenvalue weighted by molar-refractivity contribution is -0.137. The highest BCUT2D eigenvalue weighted by atomic mass is 16.5. The van der Waals surface area contributed by atoms with E-state index >= 15 is 0 Å². The minimum absolute atomic E-state index is 0.192. The zero-order valence-electron chi connectivity index (χ0n) is 18.2. The Morgan fingerprint density at radius 2 is 1.94 bits per heavy atom. The van der Waals surface area contributed by atoms with Gasteiger partial charge in [-0.15, -0.1) is 5.10 Å². The number of rotatable bonds is 9. The largest absolute Gasteiger partial charge is 0.490 e. The Kier molecular flexibility index (Phi) is 6.94. The van der Waals surface area contributed by atoms with Gasteiger partial charge in [0, 0.05) is 43.9 Å². The monoisotopic (exact) mass is 436 g/mol. The molecule has 3 aromatic rings. The van der Waals surface area contributed by atoms with Crippen molar-refractivity contribution in [1.82, 2.24) is 25.0 Å². The van der Waals surface area contributed by atoms with Gasteiger partial charge in [0.2, 0.25) is 5.95 Å². The number of ether oxygens (including phenoxy) is 1. The molecule has 1 aliphatic rings. The third-order valence-corrected chi connectivity index (χ3v) is 5.56. The summed E-state index contributed by atoms with van der Waals surface area (Å²) in [5.41, 5.74) is 2.54. The molecule has 1 N–H and O–H groups in total. The third kappa shape index (κ3) is 5.40. The number of carbonyl (C=O) groups is 1. The van der Waals surface area contributed by atoms with Crippen LogP contribution >= 0.6 is 0 Å². The van der Waals surface area contributed by atoms with Crippen molar-refractivity contribution in [3.63, 3.8) is 0 Å². The van der Waals surface area contributed by atoms with E-state index in [1.165, 1.54) is 23.1 Å². The normalized spacial score (nSPS) is 14.5. The van der Waals surface area contributed by atoms with E-state index in [2.05, 4.69) is 50.3 Å². The van der Waals surface area contributed by atoms with Gasteiger partial charge in [0.05, 0.1) is 6.20 Å². The Hall–Kier alpha value is -3.49. The van der Waals surface area contributed by atoms with Gasteiger partial charge in [-0.2, -0.15) is 0 Å². The number of carboxylic acids is 1. The summed E-state index contributed by atoms with van der Waals surface area (Å²) in [4.78, 5) is 21.9. The summed E-state index contributed by atoms with van der Waals surface area (Å²) in [6, 6.07) is 8.35. The van der Waals surface area contributed by atoms with Crippen LogP contribution in [0.15, 0.2) is 42.9 Å². The van der Waals surface area contributed by atoms with Crippen molar-refractivity contribution < 1.29 is 14.6 Å². The average molecular weight is 437 g/mol. The summed E-state index contributed by atoms with van der Waals surface area (Å²) in [5, 5.41) is 16.7. The SMILES string of the molecule is CCCCc1ccccc1OC1CCN(c2ncc(-c3cn(CC(=O)O)nn3)cn2)CC1. The summed E-state index contributed by atoms with van der Waals surface area (Å²) in [7, 11) is 0. The molecule has 0 saturated carbocycles. The van der Waals surface area contributed by atoms with Crippen LogP contribution < -0.4 is 9.64 Å². The van der Waals surface area contributed by atoms with Crippen molar-refractivity contribution in [1.29, 1.82) is 0 Å². The van der Waals surface area contributed by atoms with Crippen LogP contribution in [0.5, 0.6) is 5.75 Å². The van der Waals surface area contributed by atoms with Crippen molar-refractivity contribution in [3.8, 4) is 17.0 Å². The molecule has 1 saturated heterocycles. The Labute approximate surface area is 187 Å². The molecule has 0 aliphatic carbocycles. The fourth-order valence-corrected chi connectivity index (χ4v) is 3.81. The van der Waals surface area contributed by atoms with Crippen LogP contribution in [-0.2, 0) is 17.8 Å². The first kappa shape index (κ1) is 21.7. The van der Waals surface area contributed by atoms with Crippen molar-refractivity contribution >= 4 is 11.9 Å². The molecule has 4 rings (SSSR count). The van der Waals surface area contributed by atoms with E-state index in [9.17, 15) is 4.79 Å². The molecule has 1 aromatic carbocycles. The quantitative estimate of drug-likeness (QED) is 0.545. The van der Waals surface area contributed by atoms with Gasteiger partial charge in [-0.05, 0) is 24.5 Å². The molecular formula is C23H28N6O3. The number of piperidine rings is 1. The average Bonchev–Trinajstić information content (AvgIpc) is 3.27. The molecule has 0 radical (unpaired) electrons. The van der Waals surface area contributed by atoms with E-state index in [4.69, 9.17) is 9.84 Å². The molecule has 32 heavy (non-hydrogen) atoms. The number of aryl methyl sites for hydroxylation is 1. The van der Waals surface area contributed by atoms with Crippen LogP contribution in [0.3, 0.4) is 0 Å². The molecule has 9 heteroatoms. The van der Waals surface area contributed by atoms with Gasteiger partial charge < -0.3 is 14.7 Å². The lowest BCUT2D eigenvalue weighted by Crippen LogP contribution is -2.39. The second-order valence-electron chi connectivity index (χ2n) is 7.98. The number of aromatic nitrogens is 5. The Morgan fingerprint density at radius 3 is 2.66 bits per heavy atom. The van der Waals surface area contributed by atoms with Crippen molar-refractivity contribution in [2.75, 3.05) is 18.0 Å². The van der Waals surface area contributed by atoms with Crippen LogP contribution in [-0.4, -0.2) is 55.2 Å². The van der Waals surface area contributed by atoms with E-state index in [0.29, 0.717) is 17.2 Å². The Morgan fingerprint density at radius 1 is 1.19 bits per heavy atom. The van der Waals surface area contributed by atoms with Gasteiger partial charge in [0.1, 0.15) is 24.1 Å². The fourth-order valence-electron chi connectivity index (χ4n) is 3.81. The number of benzene rings is 1. The molecule has 1 fully saturated rings. The first-order valence-corrected chi connectivity index (χ1v) is 11.1. The maximum absolute atomic E-state index is 10.8.